The van der Waals surface area contributed by atoms with Crippen molar-refractivity contribution < 1.29 is 0 Å². The van der Waals surface area contributed by atoms with Crippen LogP contribution in [0, 0.1) is 0 Å². The Morgan fingerprint density at radius 1 is 1.62 bits per heavy atom. The SMILES string of the molecule is CCn1ncnc1CC(N)c1csc(Br)c1. The third-order valence-electron chi connectivity index (χ3n) is 2.41. The number of halogens is 1. The van der Waals surface area contributed by atoms with Gasteiger partial charge in [0.05, 0.1) is 3.79 Å². The molecule has 4 nitrogen and oxygen atoms in total. The Hall–Kier alpha value is -0.720. The van der Waals surface area contributed by atoms with Crippen LogP contribution >= 0.6 is 27.3 Å². The summed E-state index contributed by atoms with van der Waals surface area (Å²) in [4.78, 5) is 4.22. The van der Waals surface area contributed by atoms with Gasteiger partial charge in [0.2, 0.25) is 0 Å². The standard InChI is InChI=1S/C10H13BrN4S/c1-2-15-10(13-6-14-15)4-8(12)7-3-9(11)16-5-7/h3,5-6,8H,2,4,12H2,1H3. The van der Waals surface area contributed by atoms with Gasteiger partial charge in [-0.25, -0.2) is 4.98 Å². The Morgan fingerprint density at radius 2 is 2.44 bits per heavy atom. The Labute approximate surface area is 107 Å². The first-order chi connectivity index (χ1) is 7.70. The van der Waals surface area contributed by atoms with Crippen LogP contribution in [0.2, 0.25) is 0 Å². The van der Waals surface area contributed by atoms with Gasteiger partial charge in [-0.3, -0.25) is 4.68 Å². The largest absolute Gasteiger partial charge is 0.324 e. The van der Waals surface area contributed by atoms with E-state index in [1.165, 1.54) is 0 Å². The highest BCUT2D eigenvalue weighted by atomic mass is 79.9. The maximum Gasteiger partial charge on any atom is 0.138 e. The molecule has 86 valence electrons. The molecule has 0 aliphatic rings. The van der Waals surface area contributed by atoms with Crippen LogP contribution in [0.1, 0.15) is 24.4 Å². The quantitative estimate of drug-likeness (QED) is 0.943. The van der Waals surface area contributed by atoms with E-state index < -0.39 is 0 Å². The number of aryl methyl sites for hydroxylation is 1. The fourth-order valence-electron chi connectivity index (χ4n) is 1.54. The molecule has 1 unspecified atom stereocenters. The van der Waals surface area contributed by atoms with E-state index in [0.29, 0.717) is 0 Å². The van der Waals surface area contributed by atoms with Crippen LogP contribution < -0.4 is 5.73 Å². The number of hydrogen-bond donors (Lipinski definition) is 1. The molecule has 6 heteroatoms. The molecule has 2 aromatic rings. The molecule has 2 aromatic heterocycles. The van der Waals surface area contributed by atoms with E-state index in [0.717, 1.165) is 28.1 Å². The van der Waals surface area contributed by atoms with Crippen LogP contribution in [0.4, 0.5) is 0 Å². The molecule has 0 bridgehead atoms. The summed E-state index contributed by atoms with van der Waals surface area (Å²) in [6.07, 6.45) is 2.30. The van der Waals surface area contributed by atoms with Crippen molar-refractivity contribution in [1.82, 2.24) is 14.8 Å². The van der Waals surface area contributed by atoms with Gasteiger partial charge >= 0.3 is 0 Å². The van der Waals surface area contributed by atoms with Gasteiger partial charge in [-0.1, -0.05) is 0 Å². The number of rotatable bonds is 4. The molecule has 0 spiro atoms. The second-order valence-electron chi connectivity index (χ2n) is 3.49. The molecule has 1 atom stereocenters. The zero-order valence-corrected chi connectivity index (χ0v) is 11.3. The molecule has 2 rings (SSSR count). The summed E-state index contributed by atoms with van der Waals surface area (Å²) in [7, 11) is 0. The van der Waals surface area contributed by atoms with Gasteiger partial charge in [-0.05, 0) is 39.9 Å². The molecule has 0 amide bonds. The lowest BCUT2D eigenvalue weighted by Gasteiger charge is -2.09. The zero-order chi connectivity index (χ0) is 11.5. The van der Waals surface area contributed by atoms with Crippen molar-refractivity contribution in [2.45, 2.75) is 25.9 Å². The second-order valence-corrected chi connectivity index (χ2v) is 5.78. The number of nitrogens with two attached hydrogens (primary N) is 1. The van der Waals surface area contributed by atoms with Crippen molar-refractivity contribution in [3.8, 4) is 0 Å². The molecule has 0 aromatic carbocycles. The lowest BCUT2D eigenvalue weighted by atomic mass is 10.1. The summed E-state index contributed by atoms with van der Waals surface area (Å²) in [6.45, 7) is 2.88. The predicted octanol–water partition coefficient (Wildman–Crippen LogP) is 2.36. The van der Waals surface area contributed by atoms with Crippen molar-refractivity contribution in [2.24, 2.45) is 5.73 Å². The van der Waals surface area contributed by atoms with Gasteiger partial charge in [-0.15, -0.1) is 11.3 Å². The predicted molar refractivity (Wildman–Crippen MR) is 68.3 cm³/mol. The minimum Gasteiger partial charge on any atom is -0.324 e. The first-order valence-corrected chi connectivity index (χ1v) is 6.74. The lowest BCUT2D eigenvalue weighted by Crippen LogP contribution is -2.16. The number of aromatic nitrogens is 3. The maximum absolute atomic E-state index is 6.13. The van der Waals surface area contributed by atoms with Gasteiger partial charge in [0.1, 0.15) is 12.2 Å². The van der Waals surface area contributed by atoms with Crippen LogP contribution in [0.3, 0.4) is 0 Å². The molecule has 0 saturated carbocycles. The van der Waals surface area contributed by atoms with Gasteiger partial charge in [0, 0.05) is 19.0 Å². The van der Waals surface area contributed by atoms with Crippen LogP contribution in [-0.4, -0.2) is 14.8 Å². The van der Waals surface area contributed by atoms with Crippen molar-refractivity contribution in [1.29, 1.82) is 0 Å². The maximum atomic E-state index is 6.13. The summed E-state index contributed by atoms with van der Waals surface area (Å²) < 4.78 is 2.98. The minimum absolute atomic E-state index is 0.0166. The molecule has 16 heavy (non-hydrogen) atoms. The molecule has 0 fully saturated rings. The highest BCUT2D eigenvalue weighted by Gasteiger charge is 2.12. The average Bonchev–Trinajstić information content (AvgIpc) is 2.86. The summed E-state index contributed by atoms with van der Waals surface area (Å²) in [5.41, 5.74) is 7.27. The topological polar surface area (TPSA) is 56.7 Å². The fraction of sp³-hybridized carbons (Fsp3) is 0.400. The van der Waals surface area contributed by atoms with Crippen LogP contribution in [0.5, 0.6) is 0 Å². The molecule has 0 aliphatic heterocycles. The van der Waals surface area contributed by atoms with E-state index in [2.05, 4.69) is 37.5 Å². The summed E-state index contributed by atoms with van der Waals surface area (Å²) in [5.74, 6) is 0.942. The summed E-state index contributed by atoms with van der Waals surface area (Å²) in [5, 5.41) is 6.20. The van der Waals surface area contributed by atoms with Crippen LogP contribution in [0.15, 0.2) is 21.6 Å². The second kappa shape index (κ2) is 5.07. The van der Waals surface area contributed by atoms with Crippen LogP contribution in [-0.2, 0) is 13.0 Å². The first kappa shape index (κ1) is 11.8. The van der Waals surface area contributed by atoms with E-state index in [1.54, 1.807) is 17.7 Å². The molecule has 0 aliphatic carbocycles. The van der Waals surface area contributed by atoms with Gasteiger partial charge in [-0.2, -0.15) is 5.10 Å². The number of nitrogens with zero attached hydrogens (tertiary/aromatic N) is 3. The van der Waals surface area contributed by atoms with Crippen molar-refractivity contribution in [3.05, 3.63) is 32.9 Å². The summed E-state index contributed by atoms with van der Waals surface area (Å²) in [6, 6.07) is 2.04. The highest BCUT2D eigenvalue weighted by molar-refractivity contribution is 9.11. The summed E-state index contributed by atoms with van der Waals surface area (Å²) >= 11 is 5.09. The van der Waals surface area contributed by atoms with E-state index in [9.17, 15) is 0 Å². The van der Waals surface area contributed by atoms with Gasteiger partial charge < -0.3 is 5.73 Å². The Morgan fingerprint density at radius 3 is 3.06 bits per heavy atom. The van der Waals surface area contributed by atoms with Crippen molar-refractivity contribution in [3.63, 3.8) is 0 Å². The van der Waals surface area contributed by atoms with E-state index >= 15 is 0 Å². The fourth-order valence-corrected chi connectivity index (χ4v) is 2.78. The first-order valence-electron chi connectivity index (χ1n) is 5.07. The molecular formula is C10H13BrN4S. The normalized spacial score (nSPS) is 12.9. The Kier molecular flexibility index (Phi) is 3.73. The third kappa shape index (κ3) is 2.50. The molecule has 2 heterocycles. The molecular weight excluding hydrogens is 288 g/mol. The lowest BCUT2D eigenvalue weighted by molar-refractivity contribution is 0.581. The highest BCUT2D eigenvalue weighted by Crippen LogP contribution is 2.25. The van der Waals surface area contributed by atoms with Crippen molar-refractivity contribution in [2.75, 3.05) is 0 Å². The van der Waals surface area contributed by atoms with Gasteiger partial charge in [0.15, 0.2) is 0 Å². The Balaban J connectivity index is 2.10. The Bertz CT molecular complexity index is 465. The molecule has 0 saturated heterocycles. The number of hydrogen-bond acceptors (Lipinski definition) is 4. The zero-order valence-electron chi connectivity index (χ0n) is 8.93. The third-order valence-corrected chi connectivity index (χ3v) is 3.94. The van der Waals surface area contributed by atoms with Gasteiger partial charge in [0.25, 0.3) is 0 Å². The molecule has 0 radical (unpaired) electrons. The van der Waals surface area contributed by atoms with E-state index in [-0.39, 0.29) is 6.04 Å². The van der Waals surface area contributed by atoms with E-state index in [4.69, 9.17) is 5.73 Å². The van der Waals surface area contributed by atoms with Crippen molar-refractivity contribution >= 4 is 27.3 Å². The monoisotopic (exact) mass is 300 g/mol. The average molecular weight is 301 g/mol. The molecule has 2 N–H and O–H groups in total. The number of thiophene rings is 1. The smallest absolute Gasteiger partial charge is 0.138 e. The minimum atomic E-state index is -0.0166. The van der Waals surface area contributed by atoms with Crippen LogP contribution in [0.25, 0.3) is 0 Å². The van der Waals surface area contributed by atoms with E-state index in [1.807, 2.05) is 11.6 Å².